The molecule has 1 aromatic rings. The van der Waals surface area contributed by atoms with Crippen LogP contribution in [-0.4, -0.2) is 36.4 Å². The molecule has 1 aliphatic rings. The Morgan fingerprint density at radius 3 is 2.79 bits per heavy atom. The van der Waals surface area contributed by atoms with Crippen molar-refractivity contribution in [3.63, 3.8) is 0 Å². The molecule has 1 amide bonds. The Bertz CT molecular complexity index is 575. The molecule has 1 aliphatic carbocycles. The fraction of sp³-hybridized carbons (Fsp3) is 0.636. The largest absolute Gasteiger partial charge is 0.359 e. The number of hydrogen-bond donors (Lipinski definition) is 1. The Morgan fingerprint density at radius 1 is 1.58 bits per heavy atom. The van der Waals surface area contributed by atoms with Gasteiger partial charge in [0, 0.05) is 18.8 Å². The van der Waals surface area contributed by atoms with Gasteiger partial charge in [0.1, 0.15) is 5.56 Å². The third-order valence-corrected chi connectivity index (χ3v) is 3.03. The maximum atomic E-state index is 12.0. The quantitative estimate of drug-likeness (QED) is 0.770. The summed E-state index contributed by atoms with van der Waals surface area (Å²) in [5.41, 5.74) is 0.158. The van der Waals surface area contributed by atoms with Crippen LogP contribution in [0.15, 0.2) is 6.20 Å². The van der Waals surface area contributed by atoms with E-state index in [1.807, 2.05) is 6.92 Å². The fourth-order valence-corrected chi connectivity index (χ4v) is 2.01. The van der Waals surface area contributed by atoms with E-state index in [0.717, 1.165) is 25.5 Å². The first-order valence-electron chi connectivity index (χ1n) is 6.17. The molecule has 0 atom stereocenters. The molecule has 0 unspecified atom stereocenters. The Labute approximate surface area is 112 Å². The van der Waals surface area contributed by atoms with Crippen LogP contribution in [0.3, 0.4) is 0 Å². The summed E-state index contributed by atoms with van der Waals surface area (Å²) in [4.78, 5) is 12.0. The lowest BCUT2D eigenvalue weighted by Gasteiger charge is -2.03. The van der Waals surface area contributed by atoms with Gasteiger partial charge < -0.3 is 9.50 Å². The van der Waals surface area contributed by atoms with E-state index in [2.05, 4.69) is 10.4 Å². The standard InChI is InChI=1S/C11H17N3O4S/c1-3-6-14-7-9(10(15)12-8-4-5-8)11(13-14)18-19(2,16)17/h7-8H,3-6H2,1-2H3,(H,12,15). The summed E-state index contributed by atoms with van der Waals surface area (Å²) >= 11 is 0. The van der Waals surface area contributed by atoms with Gasteiger partial charge in [0.05, 0.1) is 6.26 Å². The molecule has 19 heavy (non-hydrogen) atoms. The van der Waals surface area contributed by atoms with Gasteiger partial charge in [-0.3, -0.25) is 9.48 Å². The zero-order valence-corrected chi connectivity index (χ0v) is 11.7. The van der Waals surface area contributed by atoms with Crippen LogP contribution in [0, 0.1) is 0 Å². The highest BCUT2D eigenvalue weighted by Gasteiger charge is 2.27. The number of hydrogen-bond acceptors (Lipinski definition) is 5. The maximum absolute atomic E-state index is 12.0. The predicted molar refractivity (Wildman–Crippen MR) is 68.5 cm³/mol. The van der Waals surface area contributed by atoms with Gasteiger partial charge in [-0.05, 0) is 19.3 Å². The number of rotatable bonds is 6. The Kier molecular flexibility index (Phi) is 3.79. The highest BCUT2D eigenvalue weighted by Crippen LogP contribution is 2.22. The molecule has 0 radical (unpaired) electrons. The first kappa shape index (κ1) is 13.9. The van der Waals surface area contributed by atoms with Crippen LogP contribution in [0.1, 0.15) is 36.5 Å². The van der Waals surface area contributed by atoms with E-state index in [-0.39, 0.29) is 23.4 Å². The van der Waals surface area contributed by atoms with E-state index in [1.54, 1.807) is 0 Å². The summed E-state index contributed by atoms with van der Waals surface area (Å²) in [6.45, 7) is 2.56. The summed E-state index contributed by atoms with van der Waals surface area (Å²) in [7, 11) is -3.70. The Morgan fingerprint density at radius 2 is 2.26 bits per heavy atom. The highest BCUT2D eigenvalue weighted by molar-refractivity contribution is 7.86. The summed E-state index contributed by atoms with van der Waals surface area (Å²) in [6, 6.07) is 0.188. The van der Waals surface area contributed by atoms with E-state index in [0.29, 0.717) is 6.54 Å². The normalized spacial score (nSPS) is 15.3. The van der Waals surface area contributed by atoms with Crippen molar-refractivity contribution in [3.8, 4) is 5.88 Å². The molecule has 0 aliphatic heterocycles. The molecule has 0 saturated heterocycles. The fourth-order valence-electron chi connectivity index (χ4n) is 1.60. The number of aryl methyl sites for hydroxylation is 1. The minimum atomic E-state index is -3.70. The van der Waals surface area contributed by atoms with Gasteiger partial charge in [-0.1, -0.05) is 6.92 Å². The van der Waals surface area contributed by atoms with Gasteiger partial charge in [0.15, 0.2) is 0 Å². The lowest BCUT2D eigenvalue weighted by molar-refractivity contribution is 0.0949. The summed E-state index contributed by atoms with van der Waals surface area (Å²) in [5, 5.41) is 6.77. The SMILES string of the molecule is CCCn1cc(C(=O)NC2CC2)c(OS(C)(=O)=O)n1. The van der Waals surface area contributed by atoms with E-state index in [4.69, 9.17) is 4.18 Å². The summed E-state index contributed by atoms with van der Waals surface area (Å²) in [5.74, 6) is -0.502. The van der Waals surface area contributed by atoms with Crippen LogP contribution in [0.4, 0.5) is 0 Å². The minimum absolute atomic E-state index is 0.158. The van der Waals surface area contributed by atoms with E-state index < -0.39 is 10.1 Å². The smallest absolute Gasteiger partial charge is 0.307 e. The van der Waals surface area contributed by atoms with Crippen LogP contribution in [0.2, 0.25) is 0 Å². The van der Waals surface area contributed by atoms with Crippen LogP contribution < -0.4 is 9.50 Å². The van der Waals surface area contributed by atoms with Gasteiger partial charge in [-0.2, -0.15) is 8.42 Å². The molecular weight excluding hydrogens is 270 g/mol. The van der Waals surface area contributed by atoms with Gasteiger partial charge in [-0.15, -0.1) is 5.10 Å². The molecule has 1 heterocycles. The third kappa shape index (κ3) is 3.95. The lowest BCUT2D eigenvalue weighted by Crippen LogP contribution is -2.25. The molecule has 0 spiro atoms. The van der Waals surface area contributed by atoms with Gasteiger partial charge in [0.25, 0.3) is 11.8 Å². The van der Waals surface area contributed by atoms with Crippen molar-refractivity contribution in [1.29, 1.82) is 0 Å². The molecular formula is C11H17N3O4S. The van der Waals surface area contributed by atoms with Gasteiger partial charge >= 0.3 is 10.1 Å². The zero-order chi connectivity index (χ0) is 14.0. The van der Waals surface area contributed by atoms with Gasteiger partial charge in [0.2, 0.25) is 0 Å². The number of amides is 1. The van der Waals surface area contributed by atoms with Crippen molar-refractivity contribution in [1.82, 2.24) is 15.1 Å². The Hall–Kier alpha value is -1.57. The van der Waals surface area contributed by atoms with E-state index in [1.165, 1.54) is 10.9 Å². The topological polar surface area (TPSA) is 90.3 Å². The zero-order valence-electron chi connectivity index (χ0n) is 10.9. The molecule has 1 saturated carbocycles. The molecule has 1 N–H and O–H groups in total. The molecule has 1 aromatic heterocycles. The Balaban J connectivity index is 2.24. The van der Waals surface area contributed by atoms with Crippen LogP contribution in [-0.2, 0) is 16.7 Å². The third-order valence-electron chi connectivity index (χ3n) is 2.57. The second-order valence-electron chi connectivity index (χ2n) is 4.65. The number of nitrogens with zero attached hydrogens (tertiary/aromatic N) is 2. The lowest BCUT2D eigenvalue weighted by atomic mass is 10.3. The second-order valence-corrected chi connectivity index (χ2v) is 6.22. The van der Waals surface area contributed by atoms with Crippen LogP contribution >= 0.6 is 0 Å². The van der Waals surface area contributed by atoms with Crippen molar-refractivity contribution in [2.75, 3.05) is 6.26 Å². The first-order valence-corrected chi connectivity index (χ1v) is 7.98. The first-order chi connectivity index (χ1) is 8.89. The molecule has 0 bridgehead atoms. The van der Waals surface area contributed by atoms with Crippen molar-refractivity contribution in [2.24, 2.45) is 0 Å². The van der Waals surface area contributed by atoms with E-state index >= 15 is 0 Å². The summed E-state index contributed by atoms with van der Waals surface area (Å²) < 4.78 is 28.6. The van der Waals surface area contributed by atoms with Crippen LogP contribution in [0.5, 0.6) is 5.88 Å². The predicted octanol–water partition coefficient (Wildman–Crippen LogP) is 0.524. The molecule has 106 valence electrons. The van der Waals surface area contributed by atoms with Crippen molar-refractivity contribution in [3.05, 3.63) is 11.8 Å². The average Bonchev–Trinajstić information content (AvgIpc) is 2.99. The number of aromatic nitrogens is 2. The van der Waals surface area contributed by atoms with Crippen molar-refractivity contribution in [2.45, 2.75) is 38.8 Å². The van der Waals surface area contributed by atoms with Crippen molar-refractivity contribution < 1.29 is 17.4 Å². The molecule has 7 nitrogen and oxygen atoms in total. The van der Waals surface area contributed by atoms with Crippen molar-refractivity contribution >= 4 is 16.0 Å². The molecule has 2 rings (SSSR count). The number of carbonyl (C=O) groups is 1. The molecule has 0 aromatic carbocycles. The highest BCUT2D eigenvalue weighted by atomic mass is 32.2. The summed E-state index contributed by atoms with van der Waals surface area (Å²) in [6.07, 6.45) is 5.17. The number of nitrogens with one attached hydrogen (secondary N) is 1. The maximum Gasteiger partial charge on any atom is 0.307 e. The molecule has 8 heteroatoms. The molecule has 1 fully saturated rings. The van der Waals surface area contributed by atoms with Crippen LogP contribution in [0.25, 0.3) is 0 Å². The average molecular weight is 287 g/mol. The number of carbonyl (C=O) groups excluding carboxylic acids is 1. The minimum Gasteiger partial charge on any atom is -0.359 e. The van der Waals surface area contributed by atoms with Gasteiger partial charge in [-0.25, -0.2) is 0 Å². The van der Waals surface area contributed by atoms with E-state index in [9.17, 15) is 13.2 Å². The second kappa shape index (κ2) is 5.20. The monoisotopic (exact) mass is 287 g/mol.